The van der Waals surface area contributed by atoms with Gasteiger partial charge in [0.05, 0.1) is 0 Å². The van der Waals surface area contributed by atoms with Gasteiger partial charge in [0, 0.05) is 40.8 Å². The van der Waals surface area contributed by atoms with Crippen LogP contribution in [0.2, 0.25) is 0 Å². The lowest BCUT2D eigenvalue weighted by molar-refractivity contribution is -0.134. The van der Waals surface area contributed by atoms with Gasteiger partial charge in [-0.05, 0) is 79.3 Å². The first-order valence-electron chi connectivity index (χ1n) is 14.0. The molecule has 8 heteroatoms. The Morgan fingerprint density at radius 2 is 1.38 bits per heavy atom. The van der Waals surface area contributed by atoms with Gasteiger partial charge < -0.3 is 19.1 Å². The SMILES string of the molecule is CC(=O)Oc1ccc(CCCC2CCCC(CN(Cc3ccc(OC(C)=O)c(OC(C)=O)c3)C(C)=O)C2)cc1C. The first-order valence-corrected chi connectivity index (χ1v) is 14.0. The molecule has 3 rings (SSSR count). The molecule has 2 aromatic rings. The third kappa shape index (κ3) is 9.81. The second kappa shape index (κ2) is 14.6. The van der Waals surface area contributed by atoms with E-state index in [2.05, 4.69) is 6.07 Å². The van der Waals surface area contributed by atoms with Crippen LogP contribution in [-0.2, 0) is 32.1 Å². The molecule has 0 N–H and O–H groups in total. The Bertz CT molecular complexity index is 1220. The number of amides is 1. The summed E-state index contributed by atoms with van der Waals surface area (Å²) < 4.78 is 15.6. The average molecular weight is 552 g/mol. The molecule has 0 bridgehead atoms. The van der Waals surface area contributed by atoms with Gasteiger partial charge in [0.1, 0.15) is 5.75 Å². The molecule has 8 nitrogen and oxygen atoms in total. The molecule has 0 radical (unpaired) electrons. The van der Waals surface area contributed by atoms with Gasteiger partial charge in [0.2, 0.25) is 5.91 Å². The van der Waals surface area contributed by atoms with E-state index in [-0.39, 0.29) is 23.4 Å². The van der Waals surface area contributed by atoms with E-state index >= 15 is 0 Å². The molecule has 2 aromatic carbocycles. The number of carbonyl (C=O) groups is 4. The standard InChI is InChI=1S/C32H41NO7/c1-21-16-27(12-14-30(21)38-23(3)35)10-6-8-26-9-7-11-28(17-26)19-33(22(2)34)20-29-13-15-31(39-24(4)36)32(18-29)40-25(5)37/h12-16,18,26,28H,6-11,17,19-20H2,1-5H3. The average Bonchev–Trinajstić information content (AvgIpc) is 2.86. The molecule has 0 aliphatic heterocycles. The molecule has 1 saturated carbocycles. The Morgan fingerprint density at radius 3 is 2.02 bits per heavy atom. The number of carbonyl (C=O) groups excluding carboxylic acids is 4. The molecule has 2 atom stereocenters. The number of rotatable bonds is 11. The Kier molecular flexibility index (Phi) is 11.3. The minimum absolute atomic E-state index is 0.00667. The fourth-order valence-corrected chi connectivity index (χ4v) is 5.52. The largest absolute Gasteiger partial charge is 0.426 e. The van der Waals surface area contributed by atoms with Crippen molar-refractivity contribution in [2.24, 2.45) is 11.8 Å². The van der Waals surface area contributed by atoms with Crippen molar-refractivity contribution in [2.45, 2.75) is 86.1 Å². The molecule has 0 aromatic heterocycles. The molecule has 2 unspecified atom stereocenters. The summed E-state index contributed by atoms with van der Waals surface area (Å²) in [6, 6.07) is 11.0. The predicted molar refractivity (Wildman–Crippen MR) is 151 cm³/mol. The molecule has 1 aliphatic rings. The molecule has 40 heavy (non-hydrogen) atoms. The van der Waals surface area contributed by atoms with E-state index in [4.69, 9.17) is 14.2 Å². The summed E-state index contributed by atoms with van der Waals surface area (Å²) in [6.45, 7) is 8.58. The molecule has 1 fully saturated rings. The monoisotopic (exact) mass is 551 g/mol. The van der Waals surface area contributed by atoms with Crippen molar-refractivity contribution in [1.29, 1.82) is 0 Å². The van der Waals surface area contributed by atoms with Gasteiger partial charge in [0.25, 0.3) is 0 Å². The van der Waals surface area contributed by atoms with Crippen molar-refractivity contribution in [3.63, 3.8) is 0 Å². The second-order valence-electron chi connectivity index (χ2n) is 10.9. The maximum Gasteiger partial charge on any atom is 0.308 e. The Morgan fingerprint density at radius 1 is 0.775 bits per heavy atom. The van der Waals surface area contributed by atoms with E-state index in [0.29, 0.717) is 30.7 Å². The minimum Gasteiger partial charge on any atom is -0.426 e. The van der Waals surface area contributed by atoms with Gasteiger partial charge >= 0.3 is 17.9 Å². The van der Waals surface area contributed by atoms with Gasteiger partial charge in [-0.1, -0.05) is 37.5 Å². The maximum atomic E-state index is 12.6. The zero-order valence-electron chi connectivity index (χ0n) is 24.3. The van der Waals surface area contributed by atoms with Gasteiger partial charge in [-0.3, -0.25) is 19.2 Å². The molecule has 1 amide bonds. The molecule has 0 spiro atoms. The van der Waals surface area contributed by atoms with Crippen LogP contribution in [0.3, 0.4) is 0 Å². The van der Waals surface area contributed by atoms with Gasteiger partial charge in [-0.2, -0.15) is 0 Å². The van der Waals surface area contributed by atoms with E-state index in [1.807, 2.05) is 24.0 Å². The van der Waals surface area contributed by atoms with Crippen LogP contribution in [0, 0.1) is 18.8 Å². The van der Waals surface area contributed by atoms with Crippen LogP contribution in [0.5, 0.6) is 17.2 Å². The Balaban J connectivity index is 1.56. The van der Waals surface area contributed by atoms with Crippen LogP contribution >= 0.6 is 0 Å². The quantitative estimate of drug-likeness (QED) is 0.251. The summed E-state index contributed by atoms with van der Waals surface area (Å²) in [5.74, 6) is 0.673. The molecular formula is C32H41NO7. The van der Waals surface area contributed by atoms with E-state index < -0.39 is 11.9 Å². The highest BCUT2D eigenvalue weighted by atomic mass is 16.6. The smallest absolute Gasteiger partial charge is 0.308 e. The number of hydrogen-bond donors (Lipinski definition) is 0. The number of benzene rings is 2. The molecule has 1 aliphatic carbocycles. The van der Waals surface area contributed by atoms with Gasteiger partial charge in [-0.25, -0.2) is 0 Å². The number of ether oxygens (including phenoxy) is 3. The zero-order chi connectivity index (χ0) is 29.2. The van der Waals surface area contributed by atoms with E-state index in [9.17, 15) is 19.2 Å². The summed E-state index contributed by atoms with van der Waals surface area (Å²) >= 11 is 0. The number of esters is 3. The normalized spacial score (nSPS) is 16.6. The van der Waals surface area contributed by atoms with Crippen molar-refractivity contribution < 1.29 is 33.4 Å². The number of aryl methyl sites for hydroxylation is 2. The maximum absolute atomic E-state index is 12.6. The van der Waals surface area contributed by atoms with Crippen molar-refractivity contribution in [3.05, 3.63) is 53.1 Å². The van der Waals surface area contributed by atoms with E-state index in [1.165, 1.54) is 32.8 Å². The molecular weight excluding hydrogens is 510 g/mol. The van der Waals surface area contributed by atoms with Crippen molar-refractivity contribution >= 4 is 23.8 Å². The first kappa shape index (κ1) is 30.9. The van der Waals surface area contributed by atoms with E-state index in [1.54, 1.807) is 25.1 Å². The molecule has 216 valence electrons. The predicted octanol–water partition coefficient (Wildman–Crippen LogP) is 5.95. The summed E-state index contributed by atoms with van der Waals surface area (Å²) in [6.07, 6.45) is 7.78. The van der Waals surface area contributed by atoms with Gasteiger partial charge in [0.15, 0.2) is 11.5 Å². The third-order valence-electron chi connectivity index (χ3n) is 7.28. The van der Waals surface area contributed by atoms with Crippen molar-refractivity contribution in [3.8, 4) is 17.2 Å². The Hall–Kier alpha value is -3.68. The topological polar surface area (TPSA) is 99.2 Å². The Labute approximate surface area is 237 Å². The minimum atomic E-state index is -0.517. The highest BCUT2D eigenvalue weighted by Gasteiger charge is 2.25. The lowest BCUT2D eigenvalue weighted by Gasteiger charge is -2.33. The van der Waals surface area contributed by atoms with Crippen LogP contribution in [-0.4, -0.2) is 35.3 Å². The molecule has 0 heterocycles. The lowest BCUT2D eigenvalue weighted by Crippen LogP contribution is -2.35. The highest BCUT2D eigenvalue weighted by molar-refractivity contribution is 5.74. The van der Waals surface area contributed by atoms with Crippen LogP contribution in [0.1, 0.15) is 82.9 Å². The van der Waals surface area contributed by atoms with Crippen LogP contribution in [0.25, 0.3) is 0 Å². The third-order valence-corrected chi connectivity index (χ3v) is 7.28. The fourth-order valence-electron chi connectivity index (χ4n) is 5.52. The second-order valence-corrected chi connectivity index (χ2v) is 10.9. The van der Waals surface area contributed by atoms with Crippen LogP contribution in [0.4, 0.5) is 0 Å². The van der Waals surface area contributed by atoms with E-state index in [0.717, 1.165) is 49.7 Å². The summed E-state index contributed by atoms with van der Waals surface area (Å²) in [7, 11) is 0. The highest BCUT2D eigenvalue weighted by Crippen LogP contribution is 2.34. The lowest BCUT2D eigenvalue weighted by atomic mass is 9.78. The summed E-state index contributed by atoms with van der Waals surface area (Å²) in [5.41, 5.74) is 3.01. The molecule has 0 saturated heterocycles. The number of nitrogens with zero attached hydrogens (tertiary/aromatic N) is 1. The first-order chi connectivity index (χ1) is 19.0. The number of hydrogen-bond acceptors (Lipinski definition) is 7. The fraction of sp³-hybridized carbons (Fsp3) is 0.500. The van der Waals surface area contributed by atoms with Crippen LogP contribution < -0.4 is 14.2 Å². The van der Waals surface area contributed by atoms with Crippen molar-refractivity contribution in [2.75, 3.05) is 6.54 Å². The zero-order valence-corrected chi connectivity index (χ0v) is 24.3. The van der Waals surface area contributed by atoms with Crippen LogP contribution in [0.15, 0.2) is 36.4 Å². The van der Waals surface area contributed by atoms with Crippen molar-refractivity contribution in [1.82, 2.24) is 4.90 Å². The van der Waals surface area contributed by atoms with Gasteiger partial charge in [-0.15, -0.1) is 0 Å². The summed E-state index contributed by atoms with van der Waals surface area (Å²) in [4.78, 5) is 48.6. The summed E-state index contributed by atoms with van der Waals surface area (Å²) in [5, 5.41) is 0.